The van der Waals surface area contributed by atoms with Gasteiger partial charge >= 0.3 is 0 Å². The number of benzene rings is 2. The van der Waals surface area contributed by atoms with Gasteiger partial charge in [-0.05, 0) is 42.8 Å². The number of anilines is 1. The number of fused-ring (bicyclic) bond motifs is 1. The van der Waals surface area contributed by atoms with Gasteiger partial charge in [-0.1, -0.05) is 29.8 Å². The maximum absolute atomic E-state index is 12.8. The number of ether oxygens (including phenoxy) is 1. The summed E-state index contributed by atoms with van der Waals surface area (Å²) in [5.74, 6) is 0.977. The largest absolute Gasteiger partial charge is 0.497 e. The Labute approximate surface area is 204 Å². The normalized spacial score (nSPS) is 11.1. The molecule has 10 nitrogen and oxygen atoms in total. The van der Waals surface area contributed by atoms with Crippen LogP contribution in [-0.2, 0) is 11.2 Å². The molecule has 0 unspecified atom stereocenters. The number of methoxy groups -OCH3 is 1. The first-order valence-corrected chi connectivity index (χ1v) is 11.0. The SMILES string of the molecule is COc1ccc(CC(=O)Nc2cc(C)nn2-c2nc3c(cnn3-c3cccc(Cl)c3)c(=O)[nH]2)cc1. The van der Waals surface area contributed by atoms with Crippen LogP contribution >= 0.6 is 11.6 Å². The van der Waals surface area contributed by atoms with E-state index >= 15 is 0 Å². The second-order valence-electron chi connectivity index (χ2n) is 7.82. The van der Waals surface area contributed by atoms with Crippen LogP contribution in [-0.4, -0.2) is 42.5 Å². The molecular weight excluding hydrogens is 470 g/mol. The molecule has 2 N–H and O–H groups in total. The Morgan fingerprint density at radius 2 is 1.94 bits per heavy atom. The molecular formula is C24H20ClN7O3. The molecule has 5 rings (SSSR count). The lowest BCUT2D eigenvalue weighted by Gasteiger charge is -2.09. The predicted molar refractivity (Wildman–Crippen MR) is 132 cm³/mol. The van der Waals surface area contributed by atoms with Crippen LogP contribution in [0.4, 0.5) is 5.82 Å². The topological polar surface area (TPSA) is 120 Å². The average Bonchev–Trinajstić information content (AvgIpc) is 3.43. The fourth-order valence-corrected chi connectivity index (χ4v) is 3.85. The summed E-state index contributed by atoms with van der Waals surface area (Å²) in [4.78, 5) is 32.9. The fraction of sp³-hybridized carbons (Fsp3) is 0.125. The Balaban J connectivity index is 1.49. The van der Waals surface area contributed by atoms with Gasteiger partial charge in [0.1, 0.15) is 17.0 Å². The molecule has 2 aromatic carbocycles. The van der Waals surface area contributed by atoms with Gasteiger partial charge in [-0.25, -0.2) is 4.68 Å². The van der Waals surface area contributed by atoms with E-state index < -0.39 is 0 Å². The van der Waals surface area contributed by atoms with E-state index in [9.17, 15) is 9.59 Å². The van der Waals surface area contributed by atoms with Crippen molar-refractivity contribution in [3.05, 3.63) is 87.4 Å². The van der Waals surface area contributed by atoms with Crippen LogP contribution in [0.15, 0.2) is 65.6 Å². The molecule has 1 amide bonds. The number of halogens is 1. The van der Waals surface area contributed by atoms with Crippen molar-refractivity contribution < 1.29 is 9.53 Å². The molecule has 0 saturated carbocycles. The highest BCUT2D eigenvalue weighted by molar-refractivity contribution is 6.30. The third kappa shape index (κ3) is 4.51. The first-order valence-electron chi connectivity index (χ1n) is 10.6. The van der Waals surface area contributed by atoms with Gasteiger partial charge in [0.05, 0.1) is 31.1 Å². The highest BCUT2D eigenvalue weighted by atomic mass is 35.5. The van der Waals surface area contributed by atoms with Crippen LogP contribution in [0, 0.1) is 6.92 Å². The Morgan fingerprint density at radius 3 is 2.69 bits per heavy atom. The van der Waals surface area contributed by atoms with Crippen LogP contribution in [0.1, 0.15) is 11.3 Å². The van der Waals surface area contributed by atoms with Crippen molar-refractivity contribution in [2.75, 3.05) is 12.4 Å². The zero-order valence-electron chi connectivity index (χ0n) is 18.8. The van der Waals surface area contributed by atoms with Crippen molar-refractivity contribution in [3.8, 4) is 17.4 Å². The molecule has 3 aromatic heterocycles. The fourth-order valence-electron chi connectivity index (χ4n) is 3.67. The van der Waals surface area contributed by atoms with Gasteiger partial charge in [0, 0.05) is 11.1 Å². The summed E-state index contributed by atoms with van der Waals surface area (Å²) >= 11 is 6.13. The van der Waals surface area contributed by atoms with E-state index in [1.165, 1.54) is 15.6 Å². The maximum Gasteiger partial charge on any atom is 0.263 e. The van der Waals surface area contributed by atoms with E-state index in [0.29, 0.717) is 39.0 Å². The Kier molecular flexibility index (Phi) is 5.79. The van der Waals surface area contributed by atoms with Crippen LogP contribution in [0.3, 0.4) is 0 Å². The first-order chi connectivity index (χ1) is 16.9. The highest BCUT2D eigenvalue weighted by Gasteiger charge is 2.17. The molecule has 0 radical (unpaired) electrons. The molecule has 0 saturated heterocycles. The van der Waals surface area contributed by atoms with Crippen molar-refractivity contribution in [2.45, 2.75) is 13.3 Å². The third-order valence-corrected chi connectivity index (χ3v) is 5.54. The van der Waals surface area contributed by atoms with Crippen molar-refractivity contribution in [2.24, 2.45) is 0 Å². The minimum absolute atomic E-state index is 0.138. The van der Waals surface area contributed by atoms with Crippen molar-refractivity contribution in [1.82, 2.24) is 29.5 Å². The summed E-state index contributed by atoms with van der Waals surface area (Å²) in [5, 5.41) is 12.4. The second kappa shape index (κ2) is 9.07. The number of amides is 1. The highest BCUT2D eigenvalue weighted by Crippen LogP contribution is 2.20. The lowest BCUT2D eigenvalue weighted by atomic mass is 10.1. The number of hydrogen-bond donors (Lipinski definition) is 2. The van der Waals surface area contributed by atoms with E-state index in [-0.39, 0.29) is 23.8 Å². The summed E-state index contributed by atoms with van der Waals surface area (Å²) in [6.07, 6.45) is 1.59. The van der Waals surface area contributed by atoms with E-state index in [2.05, 4.69) is 25.5 Å². The molecule has 0 aliphatic heterocycles. The van der Waals surface area contributed by atoms with Gasteiger partial charge in [-0.2, -0.15) is 19.9 Å². The number of carbonyl (C=O) groups is 1. The number of aromatic nitrogens is 6. The smallest absolute Gasteiger partial charge is 0.263 e. The van der Waals surface area contributed by atoms with Gasteiger partial charge in [-0.3, -0.25) is 14.6 Å². The summed E-state index contributed by atoms with van der Waals surface area (Å²) in [6.45, 7) is 1.78. The monoisotopic (exact) mass is 489 g/mol. The minimum atomic E-state index is -0.387. The molecule has 0 aliphatic carbocycles. The molecule has 0 fully saturated rings. The summed E-state index contributed by atoms with van der Waals surface area (Å²) in [7, 11) is 1.59. The number of carbonyl (C=O) groups excluding carboxylic acids is 1. The Hall–Kier alpha value is -4.44. The summed E-state index contributed by atoms with van der Waals surface area (Å²) < 4.78 is 8.07. The van der Waals surface area contributed by atoms with Gasteiger partial charge in [0.25, 0.3) is 5.56 Å². The molecule has 0 aliphatic rings. The molecule has 35 heavy (non-hydrogen) atoms. The number of aromatic amines is 1. The van der Waals surface area contributed by atoms with Gasteiger partial charge in [0.15, 0.2) is 5.65 Å². The van der Waals surface area contributed by atoms with Gasteiger partial charge in [-0.15, -0.1) is 0 Å². The number of rotatable bonds is 6. The number of H-pyrrole nitrogens is 1. The van der Waals surface area contributed by atoms with Gasteiger partial charge in [0.2, 0.25) is 11.9 Å². The number of nitrogens with one attached hydrogen (secondary N) is 2. The van der Waals surface area contributed by atoms with Crippen LogP contribution in [0.2, 0.25) is 5.02 Å². The van der Waals surface area contributed by atoms with E-state index in [1.807, 2.05) is 18.2 Å². The minimum Gasteiger partial charge on any atom is -0.497 e. The first kappa shape index (κ1) is 22.4. The zero-order valence-corrected chi connectivity index (χ0v) is 19.6. The Morgan fingerprint density at radius 1 is 1.14 bits per heavy atom. The molecule has 3 heterocycles. The predicted octanol–water partition coefficient (Wildman–Crippen LogP) is 3.45. The third-order valence-electron chi connectivity index (χ3n) is 5.30. The molecule has 11 heteroatoms. The number of nitrogens with zero attached hydrogens (tertiary/aromatic N) is 5. The standard InChI is InChI=1S/C24H20ClN7O3/c1-14-10-20(27-21(33)11-15-6-8-18(35-2)9-7-15)32(30-14)24-28-22-19(23(34)29-24)13-26-31(22)17-5-3-4-16(25)12-17/h3-10,12-13H,11H2,1-2H3,(H,27,33)(H,28,29,34). The molecule has 0 bridgehead atoms. The molecule has 0 spiro atoms. The van der Waals surface area contributed by atoms with Gasteiger partial charge < -0.3 is 10.1 Å². The quantitative estimate of drug-likeness (QED) is 0.377. The molecule has 5 aromatic rings. The lowest BCUT2D eigenvalue weighted by Crippen LogP contribution is -2.20. The average molecular weight is 490 g/mol. The molecule has 176 valence electrons. The van der Waals surface area contributed by atoms with Crippen molar-refractivity contribution in [1.29, 1.82) is 0 Å². The van der Waals surface area contributed by atoms with E-state index in [0.717, 1.165) is 5.56 Å². The lowest BCUT2D eigenvalue weighted by molar-refractivity contribution is -0.115. The Bertz CT molecular complexity index is 1600. The van der Waals surface area contributed by atoms with Crippen LogP contribution in [0.25, 0.3) is 22.7 Å². The summed E-state index contributed by atoms with van der Waals surface area (Å²) in [5.41, 5.74) is 2.05. The van der Waals surface area contributed by atoms with Crippen molar-refractivity contribution in [3.63, 3.8) is 0 Å². The number of aryl methyl sites for hydroxylation is 1. The maximum atomic E-state index is 12.8. The number of hydrogen-bond acceptors (Lipinski definition) is 6. The van der Waals surface area contributed by atoms with E-state index in [4.69, 9.17) is 16.3 Å². The van der Waals surface area contributed by atoms with Crippen molar-refractivity contribution >= 4 is 34.4 Å². The van der Waals surface area contributed by atoms with Crippen LogP contribution < -0.4 is 15.6 Å². The van der Waals surface area contributed by atoms with E-state index in [1.54, 1.807) is 50.4 Å². The second-order valence-corrected chi connectivity index (χ2v) is 8.26. The zero-order chi connectivity index (χ0) is 24.5. The van der Waals surface area contributed by atoms with Crippen LogP contribution in [0.5, 0.6) is 5.75 Å². The molecule has 0 atom stereocenters. The summed E-state index contributed by atoms with van der Waals surface area (Å²) in [6, 6.07) is 16.0.